The molecule has 0 bridgehead atoms. The Kier molecular flexibility index (Phi) is 5.97. The number of benzene rings is 5. The first-order chi connectivity index (χ1) is 21.9. The Morgan fingerprint density at radius 1 is 0.630 bits per heavy atom. The number of hydrogen-bond acceptors (Lipinski definition) is 3. The highest BCUT2D eigenvalue weighted by atomic mass is 16.5. The van der Waals surface area contributed by atoms with Crippen LogP contribution in [0.15, 0.2) is 101 Å². The van der Waals surface area contributed by atoms with Gasteiger partial charge in [0, 0.05) is 27.7 Å². The fourth-order valence-corrected chi connectivity index (χ4v) is 7.60. The van der Waals surface area contributed by atoms with Gasteiger partial charge in [-0.05, 0) is 57.3 Å². The Balaban J connectivity index is 1.47. The van der Waals surface area contributed by atoms with Gasteiger partial charge in [-0.25, -0.2) is 0 Å². The van der Waals surface area contributed by atoms with Crippen molar-refractivity contribution in [3.05, 3.63) is 119 Å². The Bertz CT molecular complexity index is 2340. The molecule has 0 saturated carbocycles. The van der Waals surface area contributed by atoms with E-state index in [0.29, 0.717) is 5.84 Å². The van der Waals surface area contributed by atoms with Gasteiger partial charge in [0.25, 0.3) is 0 Å². The largest absolute Gasteiger partial charge is 0.456 e. The van der Waals surface area contributed by atoms with Gasteiger partial charge in [0.05, 0.1) is 11.0 Å². The van der Waals surface area contributed by atoms with Crippen molar-refractivity contribution in [2.45, 2.75) is 71.6 Å². The number of para-hydroxylation sites is 5. The number of rotatable bonds is 2. The van der Waals surface area contributed by atoms with Gasteiger partial charge in [0.1, 0.15) is 17.0 Å². The van der Waals surface area contributed by atoms with E-state index < -0.39 is 0 Å². The minimum Gasteiger partial charge on any atom is -0.456 e. The van der Waals surface area contributed by atoms with Crippen LogP contribution in [0.5, 0.6) is 11.5 Å². The third kappa shape index (κ3) is 4.09. The fourth-order valence-electron chi connectivity index (χ4n) is 7.60. The first kappa shape index (κ1) is 28.6. The first-order valence-electron chi connectivity index (χ1n) is 16.2. The van der Waals surface area contributed by atoms with Crippen LogP contribution in [0.3, 0.4) is 0 Å². The van der Waals surface area contributed by atoms with Crippen molar-refractivity contribution in [1.82, 2.24) is 9.38 Å². The lowest BCUT2D eigenvalue weighted by molar-refractivity contribution is 0.419. The first-order valence-corrected chi connectivity index (χ1v) is 16.2. The van der Waals surface area contributed by atoms with Crippen LogP contribution in [0.2, 0.25) is 0 Å². The fraction of sp³-hybridized carbons (Fsp3) is 0.262. The topological polar surface area (TPSA) is 39.7 Å². The number of imidazole rings is 1. The molecule has 0 spiro atoms. The van der Waals surface area contributed by atoms with Crippen LogP contribution >= 0.6 is 0 Å². The minimum absolute atomic E-state index is 0.116. The molecule has 4 heteroatoms. The summed E-state index contributed by atoms with van der Waals surface area (Å²) in [7, 11) is 0. The molecule has 2 aromatic heterocycles. The van der Waals surface area contributed by atoms with E-state index in [0.717, 1.165) is 44.8 Å². The van der Waals surface area contributed by atoms with Gasteiger partial charge in [-0.1, -0.05) is 128 Å². The Labute approximate surface area is 270 Å². The summed E-state index contributed by atoms with van der Waals surface area (Å²) in [6.45, 7) is 18.5. The summed E-state index contributed by atoms with van der Waals surface area (Å²) in [6, 6.07) is 34.4. The molecule has 0 radical (unpaired) electrons. The highest BCUT2D eigenvalue weighted by Gasteiger charge is 2.37. The molecule has 1 aliphatic rings. The van der Waals surface area contributed by atoms with E-state index in [2.05, 4.69) is 139 Å². The van der Waals surface area contributed by atoms with Gasteiger partial charge in [-0.2, -0.15) is 4.98 Å². The molecule has 4 nitrogen and oxygen atoms in total. The van der Waals surface area contributed by atoms with Gasteiger partial charge in [-0.15, -0.1) is 0 Å². The number of oxazole rings is 1. The molecule has 0 aliphatic carbocycles. The molecular formula is C42H40N2O2. The minimum atomic E-state index is -0.204. The van der Waals surface area contributed by atoms with E-state index in [9.17, 15) is 0 Å². The van der Waals surface area contributed by atoms with Crippen LogP contribution < -0.4 is 4.74 Å². The van der Waals surface area contributed by atoms with Gasteiger partial charge < -0.3 is 9.15 Å². The number of hydrogen-bond donors (Lipinski definition) is 0. The number of fused-ring (bicyclic) bond motifs is 7. The third-order valence-corrected chi connectivity index (χ3v) is 9.75. The Morgan fingerprint density at radius 2 is 1.30 bits per heavy atom. The molecule has 46 heavy (non-hydrogen) atoms. The molecular weight excluding hydrogens is 564 g/mol. The van der Waals surface area contributed by atoms with Crippen molar-refractivity contribution in [1.29, 1.82) is 0 Å². The second-order valence-electron chi connectivity index (χ2n) is 15.3. The number of nitrogens with zero attached hydrogens (tertiary/aromatic N) is 2. The lowest BCUT2D eigenvalue weighted by atomic mass is 9.70. The van der Waals surface area contributed by atoms with Gasteiger partial charge >= 0.3 is 5.84 Å². The predicted molar refractivity (Wildman–Crippen MR) is 189 cm³/mol. The molecule has 0 atom stereocenters. The van der Waals surface area contributed by atoms with E-state index in [1.54, 1.807) is 0 Å². The molecule has 0 amide bonds. The molecule has 230 valence electrons. The molecule has 5 aromatic carbocycles. The highest BCUT2D eigenvalue weighted by Crippen LogP contribution is 2.54. The third-order valence-electron chi connectivity index (χ3n) is 9.75. The maximum Gasteiger partial charge on any atom is 0.307 e. The molecule has 7 aromatic rings. The van der Waals surface area contributed by atoms with Crippen molar-refractivity contribution >= 4 is 28.0 Å². The second-order valence-corrected chi connectivity index (χ2v) is 15.3. The molecule has 8 rings (SSSR count). The van der Waals surface area contributed by atoms with Crippen molar-refractivity contribution < 1.29 is 9.15 Å². The summed E-state index contributed by atoms with van der Waals surface area (Å²) in [5.41, 5.74) is 13.0. The summed E-state index contributed by atoms with van der Waals surface area (Å²) in [4.78, 5) is 5.16. The zero-order valence-electron chi connectivity index (χ0n) is 27.9. The molecule has 1 aliphatic heterocycles. The standard InChI is InChI=1S/C42H40N2O2/c1-40(2,3)29-24-23-25(26-15-13-18-30-38(26)45-33-21-11-9-17-28(33)42(30,7)8)36(41(4,5)6)35(29)27-16-14-20-32-37(27)43-39-44(32)31-19-10-12-22-34(31)46-39/h9-24H,1-8H3. The van der Waals surface area contributed by atoms with E-state index in [-0.39, 0.29) is 16.2 Å². The van der Waals surface area contributed by atoms with E-state index in [1.807, 2.05) is 18.2 Å². The zero-order chi connectivity index (χ0) is 32.2. The van der Waals surface area contributed by atoms with Crippen LogP contribution in [0.1, 0.15) is 77.6 Å². The van der Waals surface area contributed by atoms with E-state index in [1.165, 1.54) is 33.4 Å². The Hall–Kier alpha value is -4.83. The molecule has 3 heterocycles. The van der Waals surface area contributed by atoms with Crippen molar-refractivity contribution in [2.24, 2.45) is 0 Å². The second kappa shape index (κ2) is 9.59. The normalized spacial score (nSPS) is 14.4. The lowest BCUT2D eigenvalue weighted by Crippen LogP contribution is -2.25. The molecule has 0 N–H and O–H groups in total. The lowest BCUT2D eigenvalue weighted by Gasteiger charge is -2.37. The quantitative estimate of drug-likeness (QED) is 0.197. The Morgan fingerprint density at radius 3 is 2.09 bits per heavy atom. The van der Waals surface area contributed by atoms with Crippen LogP contribution in [-0.2, 0) is 16.2 Å². The van der Waals surface area contributed by atoms with Crippen LogP contribution in [0.4, 0.5) is 0 Å². The maximum atomic E-state index is 6.82. The summed E-state index contributed by atoms with van der Waals surface area (Å²) < 4.78 is 15.2. The monoisotopic (exact) mass is 604 g/mol. The summed E-state index contributed by atoms with van der Waals surface area (Å²) in [5, 5.41) is 0. The van der Waals surface area contributed by atoms with Gasteiger partial charge in [0.15, 0.2) is 5.58 Å². The average Bonchev–Trinajstić information content (AvgIpc) is 3.56. The summed E-state index contributed by atoms with van der Waals surface area (Å²) >= 11 is 0. The van der Waals surface area contributed by atoms with Gasteiger partial charge in [0.2, 0.25) is 0 Å². The van der Waals surface area contributed by atoms with Crippen molar-refractivity contribution in [3.63, 3.8) is 0 Å². The predicted octanol–water partition coefficient (Wildman–Crippen LogP) is 11.6. The highest BCUT2D eigenvalue weighted by molar-refractivity contribution is 6.00. The van der Waals surface area contributed by atoms with Crippen LogP contribution in [-0.4, -0.2) is 9.38 Å². The SMILES string of the molecule is CC(C)(C)c1ccc(-c2cccc3c2Oc2ccccc2C3(C)C)c(C(C)(C)C)c1-c1cccc2c1nc1oc3ccccc3n12. The average molecular weight is 605 g/mol. The number of ether oxygens (including phenoxy) is 1. The molecule has 0 saturated heterocycles. The van der Waals surface area contributed by atoms with E-state index in [4.69, 9.17) is 14.1 Å². The van der Waals surface area contributed by atoms with E-state index >= 15 is 0 Å². The molecule has 0 fully saturated rings. The molecule has 0 unspecified atom stereocenters. The van der Waals surface area contributed by atoms with Gasteiger partial charge in [-0.3, -0.25) is 4.40 Å². The van der Waals surface area contributed by atoms with Crippen molar-refractivity contribution in [3.8, 4) is 33.8 Å². The summed E-state index contributed by atoms with van der Waals surface area (Å²) in [6.07, 6.45) is 0. The maximum absolute atomic E-state index is 6.82. The summed E-state index contributed by atoms with van der Waals surface area (Å²) in [5.74, 6) is 2.48. The zero-order valence-corrected chi connectivity index (χ0v) is 27.9. The van der Waals surface area contributed by atoms with Crippen LogP contribution in [0.25, 0.3) is 50.2 Å². The van der Waals surface area contributed by atoms with Crippen LogP contribution in [0, 0.1) is 0 Å². The van der Waals surface area contributed by atoms with Crippen molar-refractivity contribution in [2.75, 3.05) is 0 Å². The number of aromatic nitrogens is 2. The smallest absolute Gasteiger partial charge is 0.307 e.